The lowest BCUT2D eigenvalue weighted by Crippen LogP contribution is -2.54. The van der Waals surface area contributed by atoms with Crippen LogP contribution in [-0.2, 0) is 9.53 Å². The van der Waals surface area contributed by atoms with E-state index in [1.54, 1.807) is 36.9 Å². The fourth-order valence-electron chi connectivity index (χ4n) is 3.41. The average molecular weight is 377 g/mol. The molecule has 2 rings (SSSR count). The highest BCUT2D eigenvalue weighted by Gasteiger charge is 2.37. The Morgan fingerprint density at radius 1 is 1.35 bits per heavy atom. The molecule has 0 saturated carbocycles. The van der Waals surface area contributed by atoms with Crippen molar-refractivity contribution < 1.29 is 27.8 Å². The summed E-state index contributed by atoms with van der Waals surface area (Å²) in [6.45, 7) is 4.17. The number of aliphatic carboxylic acids is 1. The molecule has 148 valence electrons. The van der Waals surface area contributed by atoms with Crippen molar-refractivity contribution in [2.75, 3.05) is 46.9 Å². The van der Waals surface area contributed by atoms with Gasteiger partial charge in [0.05, 0.1) is 18.8 Å². The summed E-state index contributed by atoms with van der Waals surface area (Å²) in [6.07, 6.45) is -4.08. The van der Waals surface area contributed by atoms with E-state index in [-0.39, 0.29) is 18.5 Å². The molecule has 6 nitrogen and oxygen atoms in total. The van der Waals surface area contributed by atoms with E-state index in [2.05, 4.69) is 4.90 Å². The molecule has 2 aliphatic rings. The molecule has 0 aromatic carbocycles. The van der Waals surface area contributed by atoms with Crippen molar-refractivity contribution in [1.29, 1.82) is 0 Å². The summed E-state index contributed by atoms with van der Waals surface area (Å²) in [5.74, 6) is -0.295. The number of nitrogens with zero attached hydrogens (tertiary/aromatic N) is 3. The average Bonchev–Trinajstić information content (AvgIpc) is 2.54. The highest BCUT2D eigenvalue weighted by molar-refractivity contribution is 5.90. The second-order valence-corrected chi connectivity index (χ2v) is 6.75. The van der Waals surface area contributed by atoms with E-state index in [0.717, 1.165) is 5.82 Å². The van der Waals surface area contributed by atoms with Crippen molar-refractivity contribution in [2.24, 2.45) is 0 Å². The van der Waals surface area contributed by atoms with Crippen molar-refractivity contribution >= 4 is 5.97 Å². The number of carbonyl (C=O) groups is 1. The van der Waals surface area contributed by atoms with Crippen LogP contribution in [0.25, 0.3) is 0 Å². The summed E-state index contributed by atoms with van der Waals surface area (Å²) in [5, 5.41) is 9.64. The molecule has 1 fully saturated rings. The van der Waals surface area contributed by atoms with E-state index in [4.69, 9.17) is 4.74 Å². The van der Waals surface area contributed by atoms with E-state index in [0.29, 0.717) is 31.9 Å². The normalized spacial score (nSPS) is 22.1. The quantitative estimate of drug-likeness (QED) is 0.765. The number of carboxylic acids is 1. The largest absolute Gasteiger partial charge is 0.478 e. The van der Waals surface area contributed by atoms with E-state index in [1.165, 1.54) is 0 Å². The number of hydrogen-bond donors (Lipinski definition) is 1. The predicted octanol–water partition coefficient (Wildman–Crippen LogP) is 2.11. The Balaban J connectivity index is 2.35. The Morgan fingerprint density at radius 3 is 2.46 bits per heavy atom. The number of likely N-dealkylation sites (N-methyl/N-ethyl adjacent to an activating group) is 1. The molecule has 26 heavy (non-hydrogen) atoms. The molecule has 1 saturated heterocycles. The van der Waals surface area contributed by atoms with Crippen molar-refractivity contribution in [3.63, 3.8) is 0 Å². The van der Waals surface area contributed by atoms with Crippen molar-refractivity contribution in [2.45, 2.75) is 32.1 Å². The van der Waals surface area contributed by atoms with Crippen molar-refractivity contribution in [1.82, 2.24) is 14.7 Å². The van der Waals surface area contributed by atoms with Crippen molar-refractivity contribution in [3.8, 4) is 0 Å². The zero-order valence-corrected chi connectivity index (χ0v) is 15.3. The smallest absolute Gasteiger partial charge is 0.389 e. The number of allylic oxidation sites excluding steroid dienone is 2. The fraction of sp³-hybridized carbons (Fsp3) is 0.706. The Hall–Kier alpha value is -1.74. The van der Waals surface area contributed by atoms with Gasteiger partial charge in [-0.25, -0.2) is 4.79 Å². The minimum absolute atomic E-state index is 0.0958. The maximum absolute atomic E-state index is 12.6. The van der Waals surface area contributed by atoms with E-state index < -0.39 is 24.7 Å². The molecule has 2 heterocycles. The summed E-state index contributed by atoms with van der Waals surface area (Å²) in [6, 6.07) is 0. The van der Waals surface area contributed by atoms with Gasteiger partial charge in [-0.1, -0.05) is 0 Å². The first kappa shape index (κ1) is 20.6. The zero-order valence-electron chi connectivity index (χ0n) is 15.3. The molecule has 0 bridgehead atoms. The number of halogens is 3. The van der Waals surface area contributed by atoms with Crippen LogP contribution in [0.3, 0.4) is 0 Å². The molecule has 0 aromatic rings. The number of carboxylic acid groups (broad SMARTS) is 1. The van der Waals surface area contributed by atoms with Crippen molar-refractivity contribution in [3.05, 3.63) is 23.0 Å². The third kappa shape index (κ3) is 4.91. The van der Waals surface area contributed by atoms with Gasteiger partial charge in [-0.05, 0) is 39.1 Å². The standard InChI is InChI=1S/C17H26F3N3O3/c1-12-11-13(22-7-9-26-10-8-22)23(6-4-5-17(18,19)20)15(21(2)3)14(12)16(24)25/h11,15H,4-10H2,1-3H3,(H,24,25). The molecule has 0 aromatic heterocycles. The Labute approximate surface area is 151 Å². The number of morpholine rings is 1. The second kappa shape index (κ2) is 8.30. The lowest BCUT2D eigenvalue weighted by Gasteiger charge is -2.46. The highest BCUT2D eigenvalue weighted by atomic mass is 19.4. The summed E-state index contributed by atoms with van der Waals surface area (Å²) in [5.41, 5.74) is 0.809. The molecule has 1 atom stereocenters. The molecule has 0 aliphatic carbocycles. The van der Waals surface area contributed by atoms with E-state index in [1.807, 2.05) is 0 Å². The van der Waals surface area contributed by atoms with Crippen LogP contribution in [0.15, 0.2) is 23.0 Å². The van der Waals surface area contributed by atoms with Crippen LogP contribution in [0, 0.1) is 0 Å². The molecule has 0 amide bonds. The van der Waals surface area contributed by atoms with Gasteiger partial charge in [0.15, 0.2) is 0 Å². The first-order valence-corrected chi connectivity index (χ1v) is 8.60. The first-order valence-electron chi connectivity index (χ1n) is 8.60. The lowest BCUT2D eigenvalue weighted by molar-refractivity contribution is -0.138. The van der Waals surface area contributed by atoms with Gasteiger partial charge < -0.3 is 19.6 Å². The summed E-state index contributed by atoms with van der Waals surface area (Å²) >= 11 is 0. The van der Waals surface area contributed by atoms with Gasteiger partial charge in [-0.3, -0.25) is 4.90 Å². The molecular formula is C17H26F3N3O3. The van der Waals surface area contributed by atoms with Gasteiger partial charge in [0, 0.05) is 26.1 Å². The van der Waals surface area contributed by atoms with Gasteiger partial charge in [-0.2, -0.15) is 13.2 Å². The minimum Gasteiger partial charge on any atom is -0.478 e. The SMILES string of the molecule is CC1=C(C(=O)O)C(N(C)C)N(CCCC(F)(F)F)C(N2CCOCC2)=C1. The maximum atomic E-state index is 12.6. The van der Waals surface area contributed by atoms with Gasteiger partial charge >= 0.3 is 12.1 Å². The first-order chi connectivity index (χ1) is 12.1. The third-order valence-corrected chi connectivity index (χ3v) is 4.53. The minimum atomic E-state index is -4.23. The van der Waals surface area contributed by atoms with Gasteiger partial charge in [0.25, 0.3) is 0 Å². The topological polar surface area (TPSA) is 56.2 Å². The Bertz CT molecular complexity index is 582. The molecule has 9 heteroatoms. The van der Waals surface area contributed by atoms with E-state index >= 15 is 0 Å². The summed E-state index contributed by atoms with van der Waals surface area (Å²) < 4.78 is 43.2. The third-order valence-electron chi connectivity index (χ3n) is 4.53. The number of ether oxygens (including phenoxy) is 1. The van der Waals surface area contributed by atoms with Crippen LogP contribution < -0.4 is 0 Å². The number of rotatable bonds is 6. The van der Waals surface area contributed by atoms with Crippen LogP contribution in [-0.4, -0.2) is 85.1 Å². The zero-order chi connectivity index (χ0) is 19.5. The summed E-state index contributed by atoms with van der Waals surface area (Å²) in [4.78, 5) is 17.3. The van der Waals surface area contributed by atoms with Crippen LogP contribution in [0.2, 0.25) is 0 Å². The van der Waals surface area contributed by atoms with Crippen LogP contribution >= 0.6 is 0 Å². The van der Waals surface area contributed by atoms with Crippen LogP contribution in [0.1, 0.15) is 19.8 Å². The molecule has 1 unspecified atom stereocenters. The van der Waals surface area contributed by atoms with Gasteiger partial charge in [0.2, 0.25) is 0 Å². The second-order valence-electron chi connectivity index (χ2n) is 6.75. The lowest BCUT2D eigenvalue weighted by atomic mass is 9.99. The molecule has 2 aliphatic heterocycles. The van der Waals surface area contributed by atoms with Gasteiger partial charge in [-0.15, -0.1) is 0 Å². The molecule has 0 spiro atoms. The molecular weight excluding hydrogens is 351 g/mol. The fourth-order valence-corrected chi connectivity index (χ4v) is 3.41. The number of alkyl halides is 3. The predicted molar refractivity (Wildman–Crippen MR) is 90.3 cm³/mol. The monoisotopic (exact) mass is 377 g/mol. The maximum Gasteiger partial charge on any atom is 0.389 e. The summed E-state index contributed by atoms with van der Waals surface area (Å²) in [7, 11) is 3.47. The Kier molecular flexibility index (Phi) is 6.57. The highest BCUT2D eigenvalue weighted by Crippen LogP contribution is 2.32. The van der Waals surface area contributed by atoms with Gasteiger partial charge in [0.1, 0.15) is 12.0 Å². The molecule has 0 radical (unpaired) electrons. The Morgan fingerprint density at radius 2 is 1.96 bits per heavy atom. The molecule has 1 N–H and O–H groups in total. The number of hydrogen-bond acceptors (Lipinski definition) is 5. The van der Waals surface area contributed by atoms with Crippen LogP contribution in [0.5, 0.6) is 0 Å². The van der Waals surface area contributed by atoms with Crippen LogP contribution in [0.4, 0.5) is 13.2 Å². The van der Waals surface area contributed by atoms with E-state index in [9.17, 15) is 23.1 Å².